The van der Waals surface area contributed by atoms with E-state index in [1.54, 1.807) is 6.92 Å². The highest BCUT2D eigenvalue weighted by Gasteiger charge is 2.19. The molecule has 0 atom stereocenters. The number of aryl methyl sites for hydroxylation is 1. The van der Waals surface area contributed by atoms with Crippen molar-refractivity contribution in [2.45, 2.75) is 20.4 Å². The molecule has 7 nitrogen and oxygen atoms in total. The summed E-state index contributed by atoms with van der Waals surface area (Å²) in [7, 11) is 1.90. The molecule has 2 aromatic heterocycles. The van der Waals surface area contributed by atoms with Gasteiger partial charge in [-0.25, -0.2) is 4.79 Å². The molecule has 0 fully saturated rings. The molecule has 0 saturated heterocycles. The minimum Gasteiger partial charge on any atom is -0.461 e. The molecule has 1 aromatic carbocycles. The van der Waals surface area contributed by atoms with E-state index in [0.717, 1.165) is 22.2 Å². The highest BCUT2D eigenvalue weighted by molar-refractivity contribution is 6.03. The number of nitrogens with one attached hydrogen (secondary N) is 1. The third-order valence-corrected chi connectivity index (χ3v) is 3.93. The molecular formula is C17H19N5O2. The molecule has 2 heterocycles. The van der Waals surface area contributed by atoms with E-state index in [4.69, 9.17) is 4.74 Å². The molecule has 1 N–H and O–H groups in total. The van der Waals surface area contributed by atoms with E-state index in [1.807, 2.05) is 49.1 Å². The molecule has 0 aliphatic heterocycles. The van der Waals surface area contributed by atoms with Crippen LogP contribution < -0.4 is 5.32 Å². The van der Waals surface area contributed by atoms with Crippen molar-refractivity contribution in [2.24, 2.45) is 7.05 Å². The number of anilines is 1. The fraction of sp³-hybridized carbons (Fsp3) is 0.294. The highest BCUT2D eigenvalue weighted by Crippen LogP contribution is 2.25. The van der Waals surface area contributed by atoms with Gasteiger partial charge in [0, 0.05) is 30.2 Å². The van der Waals surface area contributed by atoms with Crippen LogP contribution in [0.2, 0.25) is 0 Å². The molecule has 0 spiro atoms. The van der Waals surface area contributed by atoms with Crippen LogP contribution in [-0.2, 0) is 18.3 Å². The third kappa shape index (κ3) is 2.92. The molecule has 0 bridgehead atoms. The molecule has 0 amide bonds. The van der Waals surface area contributed by atoms with E-state index in [2.05, 4.69) is 20.6 Å². The van der Waals surface area contributed by atoms with Crippen LogP contribution >= 0.6 is 0 Å². The largest absolute Gasteiger partial charge is 0.461 e. The first-order valence-electron chi connectivity index (χ1n) is 7.75. The summed E-state index contributed by atoms with van der Waals surface area (Å²) in [6, 6.07) is 7.55. The van der Waals surface area contributed by atoms with Crippen LogP contribution in [0.25, 0.3) is 10.9 Å². The fourth-order valence-corrected chi connectivity index (χ4v) is 2.48. The van der Waals surface area contributed by atoms with E-state index in [1.165, 1.54) is 0 Å². The van der Waals surface area contributed by atoms with Crippen LogP contribution in [0, 0.1) is 6.92 Å². The van der Waals surface area contributed by atoms with E-state index >= 15 is 0 Å². The second-order valence-electron chi connectivity index (χ2n) is 5.39. The lowest BCUT2D eigenvalue weighted by Gasteiger charge is -2.12. The number of fused-ring (bicyclic) bond motifs is 1. The maximum absolute atomic E-state index is 12.2. The predicted molar refractivity (Wildman–Crippen MR) is 90.8 cm³/mol. The van der Waals surface area contributed by atoms with Gasteiger partial charge in [0.05, 0.1) is 24.0 Å². The van der Waals surface area contributed by atoms with Crippen LogP contribution in [-0.4, -0.2) is 32.6 Å². The zero-order chi connectivity index (χ0) is 17.1. The first kappa shape index (κ1) is 15.9. The Kier molecular flexibility index (Phi) is 4.41. The van der Waals surface area contributed by atoms with E-state index in [-0.39, 0.29) is 12.3 Å². The Bertz CT molecular complexity index is 888. The Morgan fingerprint density at radius 1 is 1.29 bits per heavy atom. The molecule has 3 aromatic rings. The van der Waals surface area contributed by atoms with Crippen LogP contribution in [0.4, 0.5) is 5.69 Å². The summed E-state index contributed by atoms with van der Waals surface area (Å²) in [5, 5.41) is 16.5. The molecule has 0 unspecified atom stereocenters. The van der Waals surface area contributed by atoms with Crippen LogP contribution in [0.3, 0.4) is 0 Å². The van der Waals surface area contributed by atoms with Gasteiger partial charge in [-0.3, -0.25) is 4.68 Å². The first-order chi connectivity index (χ1) is 11.6. The quantitative estimate of drug-likeness (QED) is 0.726. The third-order valence-electron chi connectivity index (χ3n) is 3.93. The summed E-state index contributed by atoms with van der Waals surface area (Å²) < 4.78 is 6.91. The molecule has 0 radical (unpaired) electrons. The van der Waals surface area contributed by atoms with Crippen molar-refractivity contribution in [2.75, 3.05) is 11.9 Å². The number of aromatic nitrogens is 4. The van der Waals surface area contributed by atoms with E-state index in [0.29, 0.717) is 12.2 Å². The lowest BCUT2D eigenvalue weighted by Crippen LogP contribution is -2.13. The maximum atomic E-state index is 12.2. The monoisotopic (exact) mass is 325 g/mol. The van der Waals surface area contributed by atoms with Crippen molar-refractivity contribution >= 4 is 22.6 Å². The second kappa shape index (κ2) is 6.66. The minimum atomic E-state index is -0.485. The van der Waals surface area contributed by atoms with Gasteiger partial charge in [0.1, 0.15) is 0 Å². The van der Waals surface area contributed by atoms with Crippen molar-refractivity contribution < 1.29 is 9.53 Å². The zero-order valence-electron chi connectivity index (χ0n) is 13.9. The maximum Gasteiger partial charge on any atom is 0.361 e. The smallest absolute Gasteiger partial charge is 0.361 e. The lowest BCUT2D eigenvalue weighted by molar-refractivity contribution is 0.0519. The highest BCUT2D eigenvalue weighted by atomic mass is 16.5. The minimum absolute atomic E-state index is 0.192. The summed E-state index contributed by atoms with van der Waals surface area (Å²) in [6.07, 6.45) is 1.81. The summed E-state index contributed by atoms with van der Waals surface area (Å²) in [5.41, 5.74) is 3.65. The van der Waals surface area contributed by atoms with Gasteiger partial charge in [-0.15, -0.1) is 10.2 Å². The number of carbonyl (C=O) groups excluding carboxylic acids is 1. The standard InChI is InChI=1S/C17H19N5O2/c1-4-24-17(23)16-15(13-7-5-6-8-14(13)20-21-16)18-9-12-10-19-22(3)11(12)2/h5-8,10H,4,9H2,1-3H3,(H,18,20). The average molecular weight is 325 g/mol. The molecule has 0 saturated carbocycles. The number of carbonyl (C=O) groups is 1. The van der Waals surface area contributed by atoms with Crippen molar-refractivity contribution in [3.63, 3.8) is 0 Å². The van der Waals surface area contributed by atoms with Crippen LogP contribution in [0.15, 0.2) is 30.5 Å². The normalized spacial score (nSPS) is 10.8. The van der Waals surface area contributed by atoms with Crippen molar-refractivity contribution in [3.8, 4) is 0 Å². The number of nitrogens with zero attached hydrogens (tertiary/aromatic N) is 4. The Balaban J connectivity index is 2.01. The van der Waals surface area contributed by atoms with E-state index < -0.39 is 5.97 Å². The van der Waals surface area contributed by atoms with Gasteiger partial charge in [0.2, 0.25) is 0 Å². The van der Waals surface area contributed by atoms with Gasteiger partial charge < -0.3 is 10.1 Å². The number of hydrogen-bond donors (Lipinski definition) is 1. The molecule has 3 rings (SSSR count). The molecular weight excluding hydrogens is 306 g/mol. The first-order valence-corrected chi connectivity index (χ1v) is 7.75. The number of esters is 1. The van der Waals surface area contributed by atoms with Gasteiger partial charge in [-0.2, -0.15) is 5.10 Å². The van der Waals surface area contributed by atoms with Gasteiger partial charge in [0.15, 0.2) is 5.69 Å². The van der Waals surface area contributed by atoms with Crippen LogP contribution in [0.1, 0.15) is 28.7 Å². The number of hydrogen-bond acceptors (Lipinski definition) is 6. The fourth-order valence-electron chi connectivity index (χ4n) is 2.48. The Hall–Kier alpha value is -2.96. The lowest BCUT2D eigenvalue weighted by atomic mass is 10.1. The number of benzene rings is 1. The van der Waals surface area contributed by atoms with Gasteiger partial charge in [-0.1, -0.05) is 18.2 Å². The molecule has 0 aliphatic carbocycles. The summed E-state index contributed by atoms with van der Waals surface area (Å²) in [4.78, 5) is 12.2. The number of rotatable bonds is 5. The predicted octanol–water partition coefficient (Wildman–Crippen LogP) is 2.46. The van der Waals surface area contributed by atoms with Gasteiger partial charge in [0.25, 0.3) is 0 Å². The topological polar surface area (TPSA) is 81.9 Å². The molecule has 24 heavy (non-hydrogen) atoms. The van der Waals surface area contributed by atoms with Crippen molar-refractivity contribution in [1.29, 1.82) is 0 Å². The van der Waals surface area contributed by atoms with Crippen LogP contribution in [0.5, 0.6) is 0 Å². The Morgan fingerprint density at radius 3 is 2.79 bits per heavy atom. The van der Waals surface area contributed by atoms with Crippen molar-refractivity contribution in [3.05, 3.63) is 47.4 Å². The SMILES string of the molecule is CCOC(=O)c1nnc2ccccc2c1NCc1cnn(C)c1C. The average Bonchev–Trinajstić information content (AvgIpc) is 2.91. The van der Waals surface area contributed by atoms with E-state index in [9.17, 15) is 4.79 Å². The Morgan fingerprint density at radius 2 is 2.08 bits per heavy atom. The molecule has 7 heteroatoms. The summed E-state index contributed by atoms with van der Waals surface area (Å²) in [5.74, 6) is -0.485. The molecule has 0 aliphatic rings. The number of ether oxygens (including phenoxy) is 1. The van der Waals surface area contributed by atoms with Crippen molar-refractivity contribution in [1.82, 2.24) is 20.0 Å². The molecule has 124 valence electrons. The summed E-state index contributed by atoms with van der Waals surface area (Å²) in [6.45, 7) is 4.58. The Labute approximate surface area is 139 Å². The second-order valence-corrected chi connectivity index (χ2v) is 5.39. The van der Waals surface area contributed by atoms with Gasteiger partial charge >= 0.3 is 5.97 Å². The summed E-state index contributed by atoms with van der Waals surface area (Å²) >= 11 is 0. The zero-order valence-corrected chi connectivity index (χ0v) is 13.9. The van der Waals surface area contributed by atoms with Gasteiger partial charge in [-0.05, 0) is 19.9 Å².